The van der Waals surface area contributed by atoms with Gasteiger partial charge in [0.2, 0.25) is 11.7 Å². The van der Waals surface area contributed by atoms with Crippen LogP contribution in [0.1, 0.15) is 17.6 Å². The smallest absolute Gasteiger partial charge is 0.234 e. The molecule has 0 unspecified atom stereocenters. The van der Waals surface area contributed by atoms with E-state index in [0.717, 1.165) is 28.3 Å². The van der Waals surface area contributed by atoms with Crippen molar-refractivity contribution in [3.8, 4) is 17.2 Å². The summed E-state index contributed by atoms with van der Waals surface area (Å²) in [6.07, 6.45) is 0.771. The van der Waals surface area contributed by atoms with Crippen LogP contribution in [0.4, 0.5) is 5.69 Å². The van der Waals surface area contributed by atoms with E-state index in [-0.39, 0.29) is 11.7 Å². The number of rotatable bonds is 8. The van der Waals surface area contributed by atoms with Crippen molar-refractivity contribution in [1.82, 2.24) is 14.6 Å². The van der Waals surface area contributed by atoms with E-state index in [2.05, 4.69) is 45.9 Å². The summed E-state index contributed by atoms with van der Waals surface area (Å²) >= 11 is 3.09. The topological polar surface area (TPSA) is 87.0 Å². The third-order valence-corrected chi connectivity index (χ3v) is 6.94. The number of amides is 1. The van der Waals surface area contributed by atoms with Crippen LogP contribution in [0.15, 0.2) is 29.3 Å². The largest absolute Gasteiger partial charge is 0.493 e. The minimum absolute atomic E-state index is 0.172. The molecule has 4 rings (SSSR count). The van der Waals surface area contributed by atoms with Gasteiger partial charge in [-0.05, 0) is 31.2 Å². The lowest BCUT2D eigenvalue weighted by atomic mass is 10.2. The lowest BCUT2D eigenvalue weighted by Gasteiger charge is -2.16. The number of aryl methyl sites for hydroxylation is 2. The first-order valence-electron chi connectivity index (χ1n) is 9.99. The number of fused-ring (bicyclic) bond motifs is 3. The number of nitrogens with zero attached hydrogens (tertiary/aromatic N) is 3. The Morgan fingerprint density at radius 2 is 1.88 bits per heavy atom. The molecule has 0 saturated heterocycles. The Labute approximate surface area is 193 Å². The van der Waals surface area contributed by atoms with Gasteiger partial charge in [0.05, 0.1) is 48.5 Å². The molecule has 0 spiro atoms. The van der Waals surface area contributed by atoms with Gasteiger partial charge in [-0.1, -0.05) is 18.7 Å². The van der Waals surface area contributed by atoms with Crippen LogP contribution in [0, 0.1) is 6.92 Å². The third-order valence-electron chi connectivity index (χ3n) is 4.98. The highest BCUT2D eigenvalue weighted by molar-refractivity contribution is 8.00. The fraction of sp³-hybridized carbons (Fsp3) is 0.318. The van der Waals surface area contributed by atoms with Gasteiger partial charge in [0.25, 0.3) is 0 Å². The Morgan fingerprint density at radius 3 is 2.56 bits per heavy atom. The van der Waals surface area contributed by atoms with E-state index in [1.54, 1.807) is 30.6 Å². The fourth-order valence-corrected chi connectivity index (χ4v) is 5.28. The van der Waals surface area contributed by atoms with Crippen LogP contribution in [0.5, 0.6) is 17.2 Å². The van der Waals surface area contributed by atoms with E-state index in [0.29, 0.717) is 22.9 Å². The van der Waals surface area contributed by atoms with E-state index in [1.165, 1.54) is 35.6 Å². The molecule has 0 aliphatic heterocycles. The van der Waals surface area contributed by atoms with E-state index in [4.69, 9.17) is 14.2 Å². The molecule has 0 fully saturated rings. The van der Waals surface area contributed by atoms with Crippen LogP contribution in [0.2, 0.25) is 0 Å². The first-order valence-corrected chi connectivity index (χ1v) is 11.8. The maximum atomic E-state index is 12.7. The van der Waals surface area contributed by atoms with Crippen molar-refractivity contribution in [1.29, 1.82) is 0 Å². The summed E-state index contributed by atoms with van der Waals surface area (Å²) in [7, 11) is 4.59. The highest BCUT2D eigenvalue weighted by atomic mass is 32.2. The number of thioether (sulfide) groups is 1. The average Bonchev–Trinajstić information content (AvgIpc) is 3.33. The molecule has 3 heterocycles. The highest BCUT2D eigenvalue weighted by Crippen LogP contribution is 2.42. The van der Waals surface area contributed by atoms with Gasteiger partial charge >= 0.3 is 0 Å². The predicted octanol–water partition coefficient (Wildman–Crippen LogP) is 4.57. The number of hydrogen-bond donors (Lipinski definition) is 1. The van der Waals surface area contributed by atoms with E-state index in [1.807, 2.05) is 0 Å². The maximum Gasteiger partial charge on any atom is 0.234 e. The van der Waals surface area contributed by atoms with Gasteiger partial charge in [-0.25, -0.2) is 0 Å². The summed E-state index contributed by atoms with van der Waals surface area (Å²) in [4.78, 5) is 14.0. The Kier molecular flexibility index (Phi) is 6.43. The summed E-state index contributed by atoms with van der Waals surface area (Å²) in [5.74, 6) is 2.23. The summed E-state index contributed by atoms with van der Waals surface area (Å²) in [6.45, 7) is 4.16. The molecule has 32 heavy (non-hydrogen) atoms. The van der Waals surface area contributed by atoms with Crippen LogP contribution in [0.25, 0.3) is 15.7 Å². The zero-order valence-corrected chi connectivity index (χ0v) is 20.1. The van der Waals surface area contributed by atoms with E-state index < -0.39 is 0 Å². The number of nitrogens with one attached hydrogen (secondary N) is 1. The summed E-state index contributed by atoms with van der Waals surface area (Å²) in [6, 6.07) is 7.73. The Balaban J connectivity index is 1.57. The predicted molar refractivity (Wildman–Crippen MR) is 128 cm³/mol. The van der Waals surface area contributed by atoms with Crippen molar-refractivity contribution in [2.45, 2.75) is 25.3 Å². The molecule has 1 N–H and O–H groups in total. The number of ether oxygens (including phenoxy) is 3. The molecule has 0 atom stereocenters. The van der Waals surface area contributed by atoms with E-state index in [9.17, 15) is 4.79 Å². The fourth-order valence-electron chi connectivity index (χ4n) is 3.60. The van der Waals surface area contributed by atoms with Gasteiger partial charge in [-0.2, -0.15) is 0 Å². The summed E-state index contributed by atoms with van der Waals surface area (Å²) < 4.78 is 19.4. The molecular formula is C22H24N4O4S2. The van der Waals surface area contributed by atoms with Crippen molar-refractivity contribution in [2.75, 3.05) is 32.4 Å². The molecule has 4 aromatic rings. The number of carbonyl (C=O) groups excluding carboxylic acids is 1. The van der Waals surface area contributed by atoms with Gasteiger partial charge in [0.1, 0.15) is 10.9 Å². The second-order valence-electron chi connectivity index (χ2n) is 6.97. The number of aromatic nitrogens is 3. The van der Waals surface area contributed by atoms with Crippen LogP contribution in [-0.2, 0) is 11.2 Å². The van der Waals surface area contributed by atoms with Crippen LogP contribution < -0.4 is 19.5 Å². The summed E-state index contributed by atoms with van der Waals surface area (Å²) in [5.41, 5.74) is 2.61. The zero-order valence-electron chi connectivity index (χ0n) is 18.5. The second kappa shape index (κ2) is 9.25. The molecule has 1 amide bonds. The molecule has 0 radical (unpaired) electrons. The van der Waals surface area contributed by atoms with E-state index >= 15 is 0 Å². The lowest BCUT2D eigenvalue weighted by Crippen LogP contribution is -2.15. The van der Waals surface area contributed by atoms with Gasteiger partial charge in [0, 0.05) is 11.3 Å². The highest BCUT2D eigenvalue weighted by Gasteiger charge is 2.19. The molecule has 3 aromatic heterocycles. The van der Waals surface area contributed by atoms with Gasteiger partial charge in [-0.3, -0.25) is 9.20 Å². The first kappa shape index (κ1) is 22.2. The van der Waals surface area contributed by atoms with Crippen molar-refractivity contribution >= 4 is 50.4 Å². The van der Waals surface area contributed by atoms with Crippen LogP contribution in [0.3, 0.4) is 0 Å². The average molecular weight is 473 g/mol. The molecule has 168 valence electrons. The van der Waals surface area contributed by atoms with Gasteiger partial charge in [0.15, 0.2) is 11.5 Å². The first-order chi connectivity index (χ1) is 15.5. The van der Waals surface area contributed by atoms with Crippen LogP contribution >= 0.6 is 23.1 Å². The molecule has 1 aromatic carbocycles. The monoisotopic (exact) mass is 472 g/mol. The lowest BCUT2D eigenvalue weighted by molar-refractivity contribution is -0.113. The normalized spacial score (nSPS) is 11.2. The maximum absolute atomic E-state index is 12.7. The number of thiophene rings is 1. The molecule has 0 saturated carbocycles. The van der Waals surface area contributed by atoms with Crippen molar-refractivity contribution in [3.63, 3.8) is 0 Å². The molecule has 8 nitrogen and oxygen atoms in total. The number of anilines is 1. The molecule has 10 heteroatoms. The SMILES string of the molecule is CCc1nnc(SCC(=O)Nc2ccc(OC)c(OC)c2OC)c2cc3sc(C)cc3n12. The number of methoxy groups -OCH3 is 3. The standard InChI is InChI=1S/C22H24N4O4S2/c1-6-18-24-25-22(15-10-17-14(26(15)18)9-12(2)32-17)31-11-19(27)23-13-7-8-16(28-3)21(30-5)20(13)29-4/h7-10H,6,11H2,1-5H3,(H,23,27). The van der Waals surface area contributed by atoms with Gasteiger partial charge in [-0.15, -0.1) is 21.5 Å². The number of carbonyl (C=O) groups is 1. The number of benzene rings is 1. The van der Waals surface area contributed by atoms with Crippen LogP contribution in [-0.4, -0.2) is 47.6 Å². The van der Waals surface area contributed by atoms with Crippen molar-refractivity contribution < 1.29 is 19.0 Å². The Bertz CT molecular complexity index is 1300. The minimum Gasteiger partial charge on any atom is -0.493 e. The molecule has 0 aliphatic rings. The third kappa shape index (κ3) is 3.95. The molecule has 0 aliphatic carbocycles. The number of hydrogen-bond acceptors (Lipinski definition) is 8. The quantitative estimate of drug-likeness (QED) is 0.376. The molecule has 0 bridgehead atoms. The zero-order chi connectivity index (χ0) is 22.8. The molecular weight excluding hydrogens is 448 g/mol. The van der Waals surface area contributed by atoms with Crippen molar-refractivity contribution in [3.05, 3.63) is 35.0 Å². The minimum atomic E-state index is -0.191. The summed E-state index contributed by atoms with van der Waals surface area (Å²) in [5, 5.41) is 12.4. The second-order valence-corrected chi connectivity index (χ2v) is 9.22. The van der Waals surface area contributed by atoms with Gasteiger partial charge < -0.3 is 19.5 Å². The Morgan fingerprint density at radius 1 is 1.09 bits per heavy atom. The van der Waals surface area contributed by atoms with Crippen molar-refractivity contribution in [2.24, 2.45) is 0 Å². The Hall–Kier alpha value is -2.98.